The van der Waals surface area contributed by atoms with Crippen LogP contribution in [0.1, 0.15) is 51.5 Å². The molecule has 2 atom stereocenters. The summed E-state index contributed by atoms with van der Waals surface area (Å²) in [6, 6.07) is 9.24. The van der Waals surface area contributed by atoms with Crippen molar-refractivity contribution >= 4 is 17.6 Å². The Balaban J connectivity index is 1.47. The molecule has 0 bridgehead atoms. The number of amides is 2. The van der Waals surface area contributed by atoms with E-state index in [4.69, 9.17) is 11.6 Å². The number of benzene rings is 1. The maximum Gasteiger partial charge on any atom is 0.315 e. The lowest BCUT2D eigenvalue weighted by molar-refractivity contribution is 0.118. The molecule has 2 fully saturated rings. The maximum atomic E-state index is 12.1. The van der Waals surface area contributed by atoms with E-state index < -0.39 is 0 Å². The molecule has 144 valence electrons. The van der Waals surface area contributed by atoms with E-state index in [1.165, 1.54) is 31.2 Å². The smallest absolute Gasteiger partial charge is 0.315 e. The van der Waals surface area contributed by atoms with Gasteiger partial charge in [-0.2, -0.15) is 0 Å². The molecule has 2 amide bonds. The zero-order valence-corrected chi connectivity index (χ0v) is 16.8. The van der Waals surface area contributed by atoms with Crippen LogP contribution in [0.3, 0.4) is 0 Å². The summed E-state index contributed by atoms with van der Waals surface area (Å²) < 4.78 is 0. The number of hydrogen-bond donors (Lipinski definition) is 2. The second-order valence-corrected chi connectivity index (χ2v) is 8.62. The average Bonchev–Trinajstić information content (AvgIpc) is 3.05. The summed E-state index contributed by atoms with van der Waals surface area (Å²) in [5, 5.41) is 6.97. The largest absolute Gasteiger partial charge is 0.336 e. The number of nitrogens with one attached hydrogen (secondary N) is 2. The SMILES string of the molecule is CC(C)NC(=O)N[C@@H]1CCC[C@H]1N1CCC(Cc2ccc(Cl)cc2)CC1. The highest BCUT2D eigenvalue weighted by Gasteiger charge is 2.35. The first-order valence-electron chi connectivity index (χ1n) is 10.1. The molecule has 26 heavy (non-hydrogen) atoms. The van der Waals surface area contributed by atoms with E-state index in [2.05, 4.69) is 27.7 Å². The molecule has 1 saturated carbocycles. The van der Waals surface area contributed by atoms with Crippen molar-refractivity contribution in [2.75, 3.05) is 13.1 Å². The van der Waals surface area contributed by atoms with Crippen molar-refractivity contribution in [1.82, 2.24) is 15.5 Å². The van der Waals surface area contributed by atoms with Crippen LogP contribution in [0.4, 0.5) is 4.79 Å². The normalized spacial score (nSPS) is 24.8. The molecule has 0 spiro atoms. The van der Waals surface area contributed by atoms with Crippen molar-refractivity contribution < 1.29 is 4.79 Å². The van der Waals surface area contributed by atoms with Crippen LogP contribution < -0.4 is 10.6 Å². The highest BCUT2D eigenvalue weighted by atomic mass is 35.5. The summed E-state index contributed by atoms with van der Waals surface area (Å²) in [5.41, 5.74) is 1.39. The minimum absolute atomic E-state index is 0.0190. The Morgan fingerprint density at radius 1 is 1.15 bits per heavy atom. The van der Waals surface area contributed by atoms with Crippen molar-refractivity contribution in [3.63, 3.8) is 0 Å². The van der Waals surface area contributed by atoms with Gasteiger partial charge in [-0.1, -0.05) is 23.7 Å². The monoisotopic (exact) mass is 377 g/mol. The fourth-order valence-corrected chi connectivity index (χ4v) is 4.59. The highest BCUT2D eigenvalue weighted by molar-refractivity contribution is 6.30. The summed E-state index contributed by atoms with van der Waals surface area (Å²) >= 11 is 5.98. The fraction of sp³-hybridized carbons (Fsp3) is 0.667. The third kappa shape index (κ3) is 5.37. The van der Waals surface area contributed by atoms with Crippen LogP contribution in [0.5, 0.6) is 0 Å². The molecule has 2 aliphatic rings. The third-order valence-electron chi connectivity index (χ3n) is 5.77. The minimum Gasteiger partial charge on any atom is -0.336 e. The summed E-state index contributed by atoms with van der Waals surface area (Å²) in [6.07, 6.45) is 7.14. The van der Waals surface area contributed by atoms with Gasteiger partial charge in [0.1, 0.15) is 0 Å². The molecule has 4 nitrogen and oxygen atoms in total. The molecule has 1 aromatic carbocycles. The first kappa shape index (κ1) is 19.5. The van der Waals surface area contributed by atoms with Crippen LogP contribution in [-0.4, -0.2) is 42.1 Å². The molecular formula is C21H32ClN3O. The van der Waals surface area contributed by atoms with E-state index in [1.807, 2.05) is 26.0 Å². The Labute approximate surface area is 162 Å². The predicted octanol–water partition coefficient (Wildman–Crippen LogP) is 4.22. The Morgan fingerprint density at radius 2 is 1.85 bits per heavy atom. The topological polar surface area (TPSA) is 44.4 Å². The summed E-state index contributed by atoms with van der Waals surface area (Å²) in [6.45, 7) is 6.29. The van der Waals surface area contributed by atoms with Gasteiger partial charge in [0.15, 0.2) is 0 Å². The first-order chi connectivity index (χ1) is 12.5. The molecule has 3 rings (SSSR count). The van der Waals surface area contributed by atoms with E-state index >= 15 is 0 Å². The molecule has 0 unspecified atom stereocenters. The van der Waals surface area contributed by atoms with E-state index in [9.17, 15) is 4.79 Å². The van der Waals surface area contributed by atoms with Crippen molar-refractivity contribution in [2.45, 2.75) is 70.5 Å². The zero-order chi connectivity index (χ0) is 18.5. The minimum atomic E-state index is -0.0190. The van der Waals surface area contributed by atoms with Crippen molar-refractivity contribution in [3.05, 3.63) is 34.9 Å². The number of carbonyl (C=O) groups is 1. The molecule has 0 aromatic heterocycles. The second-order valence-electron chi connectivity index (χ2n) is 8.19. The van der Waals surface area contributed by atoms with E-state index in [0.29, 0.717) is 12.1 Å². The fourth-order valence-electron chi connectivity index (χ4n) is 4.46. The average molecular weight is 378 g/mol. The zero-order valence-electron chi connectivity index (χ0n) is 16.0. The number of hydrogen-bond acceptors (Lipinski definition) is 2. The number of carbonyl (C=O) groups excluding carboxylic acids is 1. The second kappa shape index (κ2) is 9.09. The first-order valence-corrected chi connectivity index (χ1v) is 10.4. The Bertz CT molecular complexity index is 581. The van der Waals surface area contributed by atoms with Crippen LogP contribution in [0.15, 0.2) is 24.3 Å². The summed E-state index contributed by atoms with van der Waals surface area (Å²) in [5.74, 6) is 0.754. The molecular weight excluding hydrogens is 346 g/mol. The van der Waals surface area contributed by atoms with Crippen molar-refractivity contribution in [1.29, 1.82) is 0 Å². The number of rotatable bonds is 5. The molecule has 5 heteroatoms. The Morgan fingerprint density at radius 3 is 2.50 bits per heavy atom. The molecule has 1 aliphatic carbocycles. The van der Waals surface area contributed by atoms with Crippen LogP contribution in [0, 0.1) is 5.92 Å². The van der Waals surface area contributed by atoms with Crippen molar-refractivity contribution in [2.24, 2.45) is 5.92 Å². The highest BCUT2D eigenvalue weighted by Crippen LogP contribution is 2.30. The van der Waals surface area contributed by atoms with Crippen LogP contribution in [0.25, 0.3) is 0 Å². The van der Waals surface area contributed by atoms with Crippen LogP contribution in [0.2, 0.25) is 5.02 Å². The number of urea groups is 1. The van der Waals surface area contributed by atoms with Gasteiger partial charge in [-0.3, -0.25) is 4.90 Å². The molecule has 0 radical (unpaired) electrons. The number of nitrogens with zero attached hydrogens (tertiary/aromatic N) is 1. The summed E-state index contributed by atoms with van der Waals surface area (Å²) in [4.78, 5) is 14.7. The maximum absolute atomic E-state index is 12.1. The molecule has 1 aromatic rings. The standard InChI is InChI=1S/C21H32ClN3O/c1-15(2)23-21(26)24-19-4-3-5-20(19)25-12-10-17(11-13-25)14-16-6-8-18(22)9-7-16/h6-9,15,17,19-20H,3-5,10-14H2,1-2H3,(H2,23,24,26)/t19-,20-/m1/s1. The van der Waals surface area contributed by atoms with Gasteiger partial charge in [0.05, 0.1) is 0 Å². The quantitative estimate of drug-likeness (QED) is 0.806. The number of likely N-dealkylation sites (tertiary alicyclic amines) is 1. The number of piperidine rings is 1. The van der Waals surface area contributed by atoms with Gasteiger partial charge in [-0.15, -0.1) is 0 Å². The predicted molar refractivity (Wildman–Crippen MR) is 108 cm³/mol. The Hall–Kier alpha value is -1.26. The third-order valence-corrected chi connectivity index (χ3v) is 6.02. The lowest BCUT2D eigenvalue weighted by Gasteiger charge is -2.38. The van der Waals surface area contributed by atoms with Crippen LogP contribution in [-0.2, 0) is 6.42 Å². The van der Waals surface area contributed by atoms with Gasteiger partial charge in [-0.05, 0) is 89.1 Å². The van der Waals surface area contributed by atoms with Gasteiger partial charge in [0, 0.05) is 23.1 Å². The van der Waals surface area contributed by atoms with Gasteiger partial charge in [-0.25, -0.2) is 4.79 Å². The van der Waals surface area contributed by atoms with E-state index in [-0.39, 0.29) is 12.1 Å². The molecule has 1 heterocycles. The van der Waals surface area contributed by atoms with E-state index in [1.54, 1.807) is 0 Å². The lowest BCUT2D eigenvalue weighted by Crippen LogP contribution is -2.53. The summed E-state index contributed by atoms with van der Waals surface area (Å²) in [7, 11) is 0. The van der Waals surface area contributed by atoms with Gasteiger partial charge < -0.3 is 10.6 Å². The molecule has 2 N–H and O–H groups in total. The van der Waals surface area contributed by atoms with Crippen molar-refractivity contribution in [3.8, 4) is 0 Å². The van der Waals surface area contributed by atoms with Gasteiger partial charge in [0.2, 0.25) is 0 Å². The lowest BCUT2D eigenvalue weighted by atomic mass is 9.89. The molecule has 1 saturated heterocycles. The van der Waals surface area contributed by atoms with Gasteiger partial charge >= 0.3 is 6.03 Å². The van der Waals surface area contributed by atoms with Gasteiger partial charge in [0.25, 0.3) is 0 Å². The number of halogens is 1. The Kier molecular flexibility index (Phi) is 6.82. The van der Waals surface area contributed by atoms with Crippen LogP contribution >= 0.6 is 11.6 Å². The van der Waals surface area contributed by atoms with E-state index in [0.717, 1.165) is 36.9 Å². The molecule has 1 aliphatic heterocycles.